The van der Waals surface area contributed by atoms with E-state index in [0.29, 0.717) is 15.6 Å². The molecule has 21 heavy (non-hydrogen) atoms. The van der Waals surface area contributed by atoms with Gasteiger partial charge in [0.1, 0.15) is 5.82 Å². The molecule has 0 radical (unpaired) electrons. The molecule has 3 nitrogen and oxygen atoms in total. The largest absolute Gasteiger partial charge is 0.300 e. The minimum Gasteiger partial charge on any atom is -0.300 e. The van der Waals surface area contributed by atoms with Crippen molar-refractivity contribution in [2.75, 3.05) is 4.90 Å². The van der Waals surface area contributed by atoms with Crippen molar-refractivity contribution in [3.63, 3.8) is 0 Å². The number of hydrogen-bond donors (Lipinski definition) is 0. The van der Waals surface area contributed by atoms with Gasteiger partial charge in [-0.2, -0.15) is 0 Å². The van der Waals surface area contributed by atoms with Crippen molar-refractivity contribution in [3.05, 3.63) is 63.4 Å². The monoisotopic (exact) mass is 323 g/mol. The molecule has 0 N–H and O–H groups in total. The van der Waals surface area contributed by atoms with Crippen LogP contribution in [-0.4, -0.2) is 11.7 Å². The second-order valence-corrected chi connectivity index (χ2v) is 5.38. The van der Waals surface area contributed by atoms with Crippen LogP contribution in [0.25, 0.3) is 0 Å². The summed E-state index contributed by atoms with van der Waals surface area (Å²) < 4.78 is 13.4. The van der Waals surface area contributed by atoms with Gasteiger partial charge in [-0.3, -0.25) is 9.59 Å². The number of rotatable bonds is 2. The molecular weight excluding hydrogens is 316 g/mol. The van der Waals surface area contributed by atoms with E-state index in [0.717, 1.165) is 12.1 Å². The molecule has 0 saturated heterocycles. The van der Waals surface area contributed by atoms with Crippen LogP contribution in [0.2, 0.25) is 10.0 Å². The average Bonchev–Trinajstić information content (AvgIpc) is 2.68. The van der Waals surface area contributed by atoms with Crippen molar-refractivity contribution < 1.29 is 14.0 Å². The molecule has 0 saturated carbocycles. The summed E-state index contributed by atoms with van der Waals surface area (Å²) >= 11 is 12.0. The summed E-state index contributed by atoms with van der Waals surface area (Å²) in [7, 11) is 0. The van der Waals surface area contributed by atoms with Crippen molar-refractivity contribution in [3.8, 4) is 0 Å². The van der Waals surface area contributed by atoms with Crippen molar-refractivity contribution in [1.82, 2.24) is 0 Å². The maximum atomic E-state index is 13.4. The number of halogens is 3. The van der Waals surface area contributed by atoms with Crippen LogP contribution in [0.15, 0.2) is 36.4 Å². The lowest BCUT2D eigenvalue weighted by atomic mass is 10.1. The van der Waals surface area contributed by atoms with Gasteiger partial charge in [-0.15, -0.1) is 0 Å². The summed E-state index contributed by atoms with van der Waals surface area (Å²) in [6.45, 7) is 0.0560. The molecule has 0 fully saturated rings. The van der Waals surface area contributed by atoms with Crippen LogP contribution in [0.4, 0.5) is 10.1 Å². The van der Waals surface area contributed by atoms with Gasteiger partial charge in [-0.25, -0.2) is 4.39 Å². The zero-order chi connectivity index (χ0) is 15.1. The van der Waals surface area contributed by atoms with Gasteiger partial charge in [0.2, 0.25) is 0 Å². The fourth-order valence-corrected chi connectivity index (χ4v) is 2.65. The summed E-state index contributed by atoms with van der Waals surface area (Å²) in [6.07, 6.45) is 0. The Balaban J connectivity index is 2.04. The fourth-order valence-electron chi connectivity index (χ4n) is 2.27. The van der Waals surface area contributed by atoms with Crippen LogP contribution in [0.5, 0.6) is 0 Å². The molecule has 1 amide bonds. The first-order valence-electron chi connectivity index (χ1n) is 6.07. The van der Waals surface area contributed by atoms with Gasteiger partial charge >= 0.3 is 0 Å². The zero-order valence-electron chi connectivity index (χ0n) is 10.6. The van der Waals surface area contributed by atoms with Crippen LogP contribution in [0.1, 0.15) is 15.9 Å². The summed E-state index contributed by atoms with van der Waals surface area (Å²) in [5.41, 5.74) is 1.03. The molecule has 1 aliphatic heterocycles. The third-order valence-electron chi connectivity index (χ3n) is 3.29. The first kappa shape index (κ1) is 14.0. The standard InChI is InChI=1S/C15H8Cl2FNO2/c16-11-3-1-2-8(13(11)17)7-19-12-6-9(18)4-5-10(12)14(20)15(19)21/h1-6H,7H2. The molecule has 0 bridgehead atoms. The third-order valence-corrected chi connectivity index (χ3v) is 4.15. The SMILES string of the molecule is O=C1C(=O)N(Cc2cccc(Cl)c2Cl)c2cc(F)ccc21. The Kier molecular flexibility index (Phi) is 3.43. The Bertz CT molecular complexity index is 776. The van der Waals surface area contributed by atoms with E-state index in [1.807, 2.05) is 0 Å². The molecule has 2 aromatic carbocycles. The molecular formula is C15H8Cl2FNO2. The average molecular weight is 324 g/mol. The van der Waals surface area contributed by atoms with Crippen molar-refractivity contribution >= 4 is 40.6 Å². The Morgan fingerprint density at radius 2 is 1.86 bits per heavy atom. The van der Waals surface area contributed by atoms with Gasteiger partial charge in [-0.05, 0) is 29.8 Å². The lowest BCUT2D eigenvalue weighted by molar-refractivity contribution is -0.114. The smallest absolute Gasteiger partial charge is 0.299 e. The molecule has 1 heterocycles. The van der Waals surface area contributed by atoms with Gasteiger partial charge in [0.05, 0.1) is 27.8 Å². The van der Waals surface area contributed by atoms with Gasteiger partial charge in [-0.1, -0.05) is 35.3 Å². The van der Waals surface area contributed by atoms with Gasteiger partial charge in [0.15, 0.2) is 0 Å². The zero-order valence-corrected chi connectivity index (χ0v) is 12.1. The molecule has 6 heteroatoms. The lowest BCUT2D eigenvalue weighted by Crippen LogP contribution is -2.29. The van der Waals surface area contributed by atoms with E-state index in [9.17, 15) is 14.0 Å². The fraction of sp³-hybridized carbons (Fsp3) is 0.0667. The Morgan fingerprint density at radius 1 is 1.10 bits per heavy atom. The number of benzene rings is 2. The molecule has 3 rings (SSSR count). The number of Topliss-reactive ketones (excluding diaryl/α,β-unsaturated/α-hetero) is 1. The van der Waals surface area contributed by atoms with Crippen molar-refractivity contribution in [1.29, 1.82) is 0 Å². The molecule has 0 unspecified atom stereocenters. The van der Waals surface area contributed by atoms with Gasteiger partial charge in [0, 0.05) is 0 Å². The highest BCUT2D eigenvalue weighted by molar-refractivity contribution is 6.52. The van der Waals surface area contributed by atoms with Crippen LogP contribution < -0.4 is 4.90 Å². The number of hydrogen-bond acceptors (Lipinski definition) is 2. The maximum absolute atomic E-state index is 13.4. The van der Waals surface area contributed by atoms with E-state index in [-0.39, 0.29) is 17.8 Å². The molecule has 0 spiro atoms. The second-order valence-electron chi connectivity index (χ2n) is 4.59. The molecule has 1 aliphatic rings. The summed E-state index contributed by atoms with van der Waals surface area (Å²) in [5, 5.41) is 0.663. The molecule has 2 aromatic rings. The van der Waals surface area contributed by atoms with E-state index in [4.69, 9.17) is 23.2 Å². The Morgan fingerprint density at radius 3 is 2.62 bits per heavy atom. The summed E-state index contributed by atoms with van der Waals surface area (Å²) in [5.74, 6) is -1.87. The highest BCUT2D eigenvalue weighted by Gasteiger charge is 2.36. The quantitative estimate of drug-likeness (QED) is 0.787. The first-order valence-corrected chi connectivity index (χ1v) is 6.83. The summed E-state index contributed by atoms with van der Waals surface area (Å²) in [4.78, 5) is 25.1. The highest BCUT2D eigenvalue weighted by Crippen LogP contribution is 2.33. The van der Waals surface area contributed by atoms with E-state index in [1.165, 1.54) is 11.0 Å². The number of amides is 1. The van der Waals surface area contributed by atoms with Crippen LogP contribution in [0.3, 0.4) is 0 Å². The number of fused-ring (bicyclic) bond motifs is 1. The lowest BCUT2D eigenvalue weighted by Gasteiger charge is -2.17. The van der Waals surface area contributed by atoms with E-state index < -0.39 is 17.5 Å². The van der Waals surface area contributed by atoms with E-state index in [2.05, 4.69) is 0 Å². The molecule has 106 valence electrons. The van der Waals surface area contributed by atoms with E-state index >= 15 is 0 Å². The minimum atomic E-state index is -0.702. The topological polar surface area (TPSA) is 37.4 Å². The minimum absolute atomic E-state index is 0.0560. The number of ketones is 1. The van der Waals surface area contributed by atoms with Crippen LogP contribution in [0, 0.1) is 5.82 Å². The molecule has 0 atom stereocenters. The Labute approximate surface area is 129 Å². The maximum Gasteiger partial charge on any atom is 0.299 e. The number of nitrogens with zero attached hydrogens (tertiary/aromatic N) is 1. The van der Waals surface area contributed by atoms with Crippen molar-refractivity contribution in [2.45, 2.75) is 6.54 Å². The van der Waals surface area contributed by atoms with Gasteiger partial charge < -0.3 is 4.90 Å². The predicted molar refractivity (Wildman–Crippen MR) is 78.4 cm³/mol. The normalized spacial score (nSPS) is 13.8. The highest BCUT2D eigenvalue weighted by atomic mass is 35.5. The summed E-state index contributed by atoms with van der Waals surface area (Å²) in [6, 6.07) is 8.64. The van der Waals surface area contributed by atoms with Gasteiger partial charge in [0.25, 0.3) is 11.7 Å². The number of carbonyl (C=O) groups is 2. The number of carbonyl (C=O) groups excluding carboxylic acids is 2. The molecule has 0 aliphatic carbocycles. The predicted octanol–water partition coefficient (Wildman–Crippen LogP) is 3.86. The van der Waals surface area contributed by atoms with E-state index in [1.54, 1.807) is 18.2 Å². The van der Waals surface area contributed by atoms with Crippen molar-refractivity contribution in [2.24, 2.45) is 0 Å². The third kappa shape index (κ3) is 2.30. The van der Waals surface area contributed by atoms with Crippen LogP contribution >= 0.6 is 23.2 Å². The first-order chi connectivity index (χ1) is 9.99. The number of anilines is 1. The van der Waals surface area contributed by atoms with Crippen LogP contribution in [-0.2, 0) is 11.3 Å². The Hall–Kier alpha value is -1.91. The second kappa shape index (κ2) is 5.13. The molecule has 0 aromatic heterocycles.